The van der Waals surface area contributed by atoms with Gasteiger partial charge >= 0.3 is 5.97 Å². The van der Waals surface area contributed by atoms with Crippen molar-refractivity contribution in [3.05, 3.63) is 65.9 Å². The normalized spacial score (nSPS) is 10.6. The summed E-state index contributed by atoms with van der Waals surface area (Å²) in [5, 5.41) is 3.37. The van der Waals surface area contributed by atoms with Crippen molar-refractivity contribution < 1.29 is 19.1 Å². The van der Waals surface area contributed by atoms with Crippen LogP contribution in [-0.2, 0) is 20.7 Å². The average molecular weight is 438 g/mol. The molecule has 0 aliphatic rings. The Kier molecular flexibility index (Phi) is 8.12. The van der Waals surface area contributed by atoms with Gasteiger partial charge in [-0.25, -0.2) is 4.98 Å². The third-order valence-corrected chi connectivity index (χ3v) is 5.29. The van der Waals surface area contributed by atoms with Gasteiger partial charge in [-0.15, -0.1) is 0 Å². The number of hydrogen-bond donors (Lipinski definition) is 1. The van der Waals surface area contributed by atoms with Crippen LogP contribution in [-0.4, -0.2) is 46.5 Å². The summed E-state index contributed by atoms with van der Waals surface area (Å²) in [5.74, 6) is -0.733. The molecule has 8 heteroatoms. The lowest BCUT2D eigenvalue weighted by Crippen LogP contribution is -2.21. The molecule has 0 fully saturated rings. The Morgan fingerprint density at radius 1 is 1.03 bits per heavy atom. The first-order chi connectivity index (χ1) is 15.0. The number of ether oxygens (including phenoxy) is 1. The number of para-hydroxylation sites is 2. The summed E-state index contributed by atoms with van der Waals surface area (Å²) >= 11 is 1.22. The molecule has 0 bridgehead atoms. The number of rotatable bonds is 10. The van der Waals surface area contributed by atoms with E-state index in [-0.39, 0.29) is 24.1 Å². The first-order valence-electron chi connectivity index (χ1n) is 9.88. The Hall–Kier alpha value is -3.26. The van der Waals surface area contributed by atoms with Crippen LogP contribution >= 0.6 is 11.8 Å². The molecule has 3 aromatic rings. The van der Waals surface area contributed by atoms with Gasteiger partial charge in [0.05, 0.1) is 23.0 Å². The monoisotopic (exact) mass is 437 g/mol. The molecule has 31 heavy (non-hydrogen) atoms. The minimum Gasteiger partial charge on any atom is -0.457 e. The van der Waals surface area contributed by atoms with E-state index in [9.17, 15) is 14.4 Å². The maximum Gasteiger partial charge on any atom is 0.316 e. The van der Waals surface area contributed by atoms with Gasteiger partial charge in [-0.05, 0) is 30.5 Å². The highest BCUT2D eigenvalue weighted by Crippen LogP contribution is 2.18. The molecular weight excluding hydrogens is 414 g/mol. The highest BCUT2D eigenvalue weighted by atomic mass is 32.2. The van der Waals surface area contributed by atoms with E-state index in [0.717, 1.165) is 29.4 Å². The average Bonchev–Trinajstić information content (AvgIpc) is 2.79. The quantitative estimate of drug-likeness (QED) is 0.225. The molecule has 0 saturated carbocycles. The van der Waals surface area contributed by atoms with Gasteiger partial charge in [0.25, 0.3) is 0 Å². The lowest BCUT2D eigenvalue weighted by Gasteiger charge is -2.06. The Morgan fingerprint density at radius 3 is 2.52 bits per heavy atom. The van der Waals surface area contributed by atoms with Crippen molar-refractivity contribution >= 4 is 40.5 Å². The highest BCUT2D eigenvalue weighted by molar-refractivity contribution is 7.99. The SMILES string of the molecule is CC(=O)NCCCc1ccc(C(=O)COC(=O)CSc2cnc3ccccc3n2)cc1. The van der Waals surface area contributed by atoms with E-state index in [2.05, 4.69) is 15.3 Å². The van der Waals surface area contributed by atoms with E-state index < -0.39 is 5.97 Å². The molecule has 2 aromatic carbocycles. The fourth-order valence-electron chi connectivity index (χ4n) is 2.83. The largest absolute Gasteiger partial charge is 0.457 e. The summed E-state index contributed by atoms with van der Waals surface area (Å²) in [6, 6.07) is 14.7. The van der Waals surface area contributed by atoms with Crippen molar-refractivity contribution in [2.45, 2.75) is 24.8 Å². The molecule has 0 aliphatic carbocycles. The van der Waals surface area contributed by atoms with Gasteiger partial charge in [0.2, 0.25) is 5.91 Å². The second kappa shape index (κ2) is 11.2. The number of carbonyl (C=O) groups excluding carboxylic acids is 3. The van der Waals surface area contributed by atoms with Crippen molar-refractivity contribution in [1.82, 2.24) is 15.3 Å². The van der Waals surface area contributed by atoms with Crippen molar-refractivity contribution in [3.8, 4) is 0 Å². The fraction of sp³-hybridized carbons (Fsp3) is 0.261. The molecule has 0 unspecified atom stereocenters. The van der Waals surface area contributed by atoms with Gasteiger partial charge in [0, 0.05) is 19.0 Å². The molecule has 1 amide bonds. The number of thioether (sulfide) groups is 1. The van der Waals surface area contributed by atoms with Crippen LogP contribution in [0.15, 0.2) is 59.8 Å². The first-order valence-corrected chi connectivity index (χ1v) is 10.9. The van der Waals surface area contributed by atoms with Crippen LogP contribution in [0.5, 0.6) is 0 Å². The van der Waals surface area contributed by atoms with E-state index in [1.165, 1.54) is 18.7 Å². The maximum atomic E-state index is 12.3. The number of nitrogens with zero attached hydrogens (tertiary/aromatic N) is 2. The molecule has 0 spiro atoms. The molecule has 3 rings (SSSR count). The summed E-state index contributed by atoms with van der Waals surface area (Å²) in [6.07, 6.45) is 3.24. The molecule has 0 atom stereocenters. The molecular formula is C23H23N3O4S. The number of fused-ring (bicyclic) bond motifs is 1. The third kappa shape index (κ3) is 7.18. The summed E-state index contributed by atoms with van der Waals surface area (Å²) in [7, 11) is 0. The van der Waals surface area contributed by atoms with Crippen LogP contribution in [0.4, 0.5) is 0 Å². The Labute approximate surface area is 184 Å². The van der Waals surface area contributed by atoms with Crippen LogP contribution in [0, 0.1) is 0 Å². The summed E-state index contributed by atoms with van der Waals surface area (Å²) < 4.78 is 5.10. The number of benzene rings is 2. The zero-order valence-electron chi connectivity index (χ0n) is 17.2. The molecule has 1 aromatic heterocycles. The molecule has 0 aliphatic heterocycles. The zero-order valence-corrected chi connectivity index (χ0v) is 18.0. The van der Waals surface area contributed by atoms with Gasteiger partial charge in [-0.1, -0.05) is 48.2 Å². The van der Waals surface area contributed by atoms with E-state index in [4.69, 9.17) is 4.74 Å². The number of Topliss-reactive ketones (excluding diaryl/α,β-unsaturated/α-hetero) is 1. The Bertz CT molecular complexity index is 1070. The van der Waals surface area contributed by atoms with Crippen LogP contribution < -0.4 is 5.32 Å². The number of hydrogen-bond acceptors (Lipinski definition) is 7. The zero-order chi connectivity index (χ0) is 22.1. The Morgan fingerprint density at radius 2 is 1.77 bits per heavy atom. The summed E-state index contributed by atoms with van der Waals surface area (Å²) in [6.45, 7) is 1.81. The standard InChI is InChI=1S/C23H23N3O4S/c1-16(27)24-12-4-5-17-8-10-18(11-9-17)21(28)14-30-23(29)15-31-22-13-25-19-6-2-3-7-20(19)26-22/h2-3,6-11,13H,4-5,12,14-15H2,1H3,(H,24,27). The van der Waals surface area contributed by atoms with E-state index >= 15 is 0 Å². The third-order valence-electron chi connectivity index (χ3n) is 4.42. The topological polar surface area (TPSA) is 98.2 Å². The predicted octanol–water partition coefficient (Wildman–Crippen LogP) is 3.22. The highest BCUT2D eigenvalue weighted by Gasteiger charge is 2.11. The van der Waals surface area contributed by atoms with Crippen LogP contribution in [0.3, 0.4) is 0 Å². The predicted molar refractivity (Wildman–Crippen MR) is 119 cm³/mol. The maximum absolute atomic E-state index is 12.3. The van der Waals surface area contributed by atoms with Crippen molar-refractivity contribution in [2.75, 3.05) is 18.9 Å². The first kappa shape index (κ1) is 22.4. The van der Waals surface area contributed by atoms with Gasteiger partial charge in [0.1, 0.15) is 5.03 Å². The lowest BCUT2D eigenvalue weighted by atomic mass is 10.1. The van der Waals surface area contributed by atoms with Crippen molar-refractivity contribution in [2.24, 2.45) is 0 Å². The van der Waals surface area contributed by atoms with Gasteiger partial charge in [-0.2, -0.15) is 0 Å². The number of aryl methyl sites for hydroxylation is 1. The summed E-state index contributed by atoms with van der Waals surface area (Å²) in [5.41, 5.74) is 3.12. The number of amides is 1. The smallest absolute Gasteiger partial charge is 0.316 e. The summed E-state index contributed by atoms with van der Waals surface area (Å²) in [4.78, 5) is 43.8. The molecule has 7 nitrogen and oxygen atoms in total. The molecule has 0 saturated heterocycles. The number of carbonyl (C=O) groups is 3. The van der Waals surface area contributed by atoms with E-state index in [0.29, 0.717) is 17.1 Å². The number of nitrogens with one attached hydrogen (secondary N) is 1. The van der Waals surface area contributed by atoms with Gasteiger partial charge in [-0.3, -0.25) is 19.4 Å². The van der Waals surface area contributed by atoms with Crippen molar-refractivity contribution in [1.29, 1.82) is 0 Å². The van der Waals surface area contributed by atoms with Gasteiger partial charge in [0.15, 0.2) is 12.4 Å². The van der Waals surface area contributed by atoms with Crippen LogP contribution in [0.1, 0.15) is 29.3 Å². The van der Waals surface area contributed by atoms with Gasteiger partial charge < -0.3 is 10.1 Å². The van der Waals surface area contributed by atoms with E-state index in [1.807, 2.05) is 36.4 Å². The molecule has 160 valence electrons. The van der Waals surface area contributed by atoms with E-state index in [1.54, 1.807) is 18.3 Å². The second-order valence-corrected chi connectivity index (χ2v) is 7.85. The van der Waals surface area contributed by atoms with Crippen LogP contribution in [0.25, 0.3) is 11.0 Å². The van der Waals surface area contributed by atoms with Crippen molar-refractivity contribution in [3.63, 3.8) is 0 Å². The molecule has 1 N–H and O–H groups in total. The second-order valence-electron chi connectivity index (χ2n) is 6.85. The van der Waals surface area contributed by atoms with Crippen LogP contribution in [0.2, 0.25) is 0 Å². The molecule has 1 heterocycles. The minimum atomic E-state index is -0.483. The number of esters is 1. The minimum absolute atomic E-state index is 0.0425. The Balaban J connectivity index is 1.41. The fourth-order valence-corrected chi connectivity index (χ4v) is 3.47. The number of ketones is 1. The number of aromatic nitrogens is 2. The lowest BCUT2D eigenvalue weighted by molar-refractivity contribution is -0.139. The molecule has 0 radical (unpaired) electrons.